The number of hydrogen-bond acceptors (Lipinski definition) is 5. The van der Waals surface area contributed by atoms with Crippen LogP contribution in [0.15, 0.2) is 42.7 Å². The van der Waals surface area contributed by atoms with Crippen molar-refractivity contribution in [2.45, 2.75) is 13.0 Å². The zero-order valence-electron chi connectivity index (χ0n) is 14.3. The molecule has 0 unspecified atom stereocenters. The number of aryl methyl sites for hydroxylation is 2. The molecule has 2 N–H and O–H groups in total. The lowest BCUT2D eigenvalue weighted by Crippen LogP contribution is -2.29. The molecule has 0 saturated carbocycles. The summed E-state index contributed by atoms with van der Waals surface area (Å²) >= 11 is 0. The zero-order valence-corrected chi connectivity index (χ0v) is 14.3. The summed E-state index contributed by atoms with van der Waals surface area (Å²) < 4.78 is 6.87. The van der Waals surface area contributed by atoms with Crippen molar-refractivity contribution >= 4 is 28.6 Å². The number of ether oxygens (including phenoxy) is 1. The Balaban J connectivity index is 1.84. The number of fused-ring (bicyclic) bond motifs is 1. The van der Waals surface area contributed by atoms with E-state index in [1.54, 1.807) is 18.1 Å². The standard InChI is InChI=1S/C18H21N5O2/c1-22(17(24)12-25-2)14-5-6-16-15(10-14)21-18(19)23(16)9-7-13-4-3-8-20-11-13/h3-6,8,10-11H,7,9,12H2,1-2H3,(H2,19,21). The Morgan fingerprint density at radius 2 is 2.20 bits per heavy atom. The van der Waals surface area contributed by atoms with Gasteiger partial charge in [-0.15, -0.1) is 0 Å². The Hall–Kier alpha value is -2.93. The van der Waals surface area contributed by atoms with E-state index < -0.39 is 0 Å². The van der Waals surface area contributed by atoms with E-state index in [0.717, 1.165) is 28.7 Å². The number of nitrogens with two attached hydrogens (primary N) is 1. The molecule has 3 rings (SSSR count). The summed E-state index contributed by atoms with van der Waals surface area (Å²) in [5.74, 6) is 0.341. The van der Waals surface area contributed by atoms with E-state index in [1.807, 2.05) is 41.1 Å². The number of nitrogen functional groups attached to an aromatic ring is 1. The van der Waals surface area contributed by atoms with Crippen molar-refractivity contribution in [1.29, 1.82) is 0 Å². The number of likely N-dealkylation sites (N-methyl/N-ethyl adjacent to an activating group) is 1. The van der Waals surface area contributed by atoms with Crippen LogP contribution in [-0.4, -0.2) is 41.2 Å². The number of carbonyl (C=O) groups excluding carboxylic acids is 1. The maximum absolute atomic E-state index is 12.0. The summed E-state index contributed by atoms with van der Waals surface area (Å²) in [4.78, 5) is 22.1. The first-order valence-electron chi connectivity index (χ1n) is 8.00. The number of anilines is 2. The van der Waals surface area contributed by atoms with Gasteiger partial charge in [0.2, 0.25) is 5.95 Å². The quantitative estimate of drug-likeness (QED) is 0.741. The highest BCUT2D eigenvalue weighted by atomic mass is 16.5. The molecule has 0 radical (unpaired) electrons. The number of aromatic nitrogens is 3. The van der Waals surface area contributed by atoms with E-state index in [9.17, 15) is 4.79 Å². The van der Waals surface area contributed by atoms with Gasteiger partial charge in [0.15, 0.2) is 0 Å². The van der Waals surface area contributed by atoms with E-state index in [1.165, 1.54) is 7.11 Å². The number of benzene rings is 1. The molecular weight excluding hydrogens is 318 g/mol. The Morgan fingerprint density at radius 1 is 1.36 bits per heavy atom. The predicted octanol–water partition coefficient (Wildman–Crippen LogP) is 1.87. The second kappa shape index (κ2) is 7.31. The molecule has 0 aliphatic carbocycles. The van der Waals surface area contributed by atoms with Gasteiger partial charge in [-0.1, -0.05) is 6.07 Å². The molecule has 1 amide bonds. The fourth-order valence-corrected chi connectivity index (χ4v) is 2.73. The van der Waals surface area contributed by atoms with Crippen molar-refractivity contribution in [3.05, 3.63) is 48.3 Å². The van der Waals surface area contributed by atoms with Crippen LogP contribution < -0.4 is 10.6 Å². The molecule has 0 atom stereocenters. The van der Waals surface area contributed by atoms with E-state index in [2.05, 4.69) is 9.97 Å². The van der Waals surface area contributed by atoms with Crippen molar-refractivity contribution in [2.24, 2.45) is 0 Å². The monoisotopic (exact) mass is 339 g/mol. The van der Waals surface area contributed by atoms with Crippen LogP contribution in [0.3, 0.4) is 0 Å². The van der Waals surface area contributed by atoms with Gasteiger partial charge in [-0.25, -0.2) is 4.98 Å². The van der Waals surface area contributed by atoms with Gasteiger partial charge in [-0.2, -0.15) is 0 Å². The SMILES string of the molecule is COCC(=O)N(C)c1ccc2c(c1)nc(N)n2CCc1cccnc1. The number of methoxy groups -OCH3 is 1. The van der Waals surface area contributed by atoms with Gasteiger partial charge in [0.1, 0.15) is 6.61 Å². The van der Waals surface area contributed by atoms with Crippen LogP contribution in [-0.2, 0) is 22.5 Å². The summed E-state index contributed by atoms with van der Waals surface area (Å²) in [6.07, 6.45) is 4.43. The van der Waals surface area contributed by atoms with Crippen LogP contribution in [0.5, 0.6) is 0 Å². The minimum absolute atomic E-state index is 0.0379. The molecule has 1 aromatic carbocycles. The number of imidazole rings is 1. The third-order valence-electron chi connectivity index (χ3n) is 4.14. The molecule has 7 heteroatoms. The van der Waals surface area contributed by atoms with Gasteiger partial charge in [0.25, 0.3) is 5.91 Å². The predicted molar refractivity (Wildman–Crippen MR) is 97.4 cm³/mol. The Morgan fingerprint density at radius 3 is 2.92 bits per heavy atom. The largest absolute Gasteiger partial charge is 0.375 e. The van der Waals surface area contributed by atoms with E-state index in [-0.39, 0.29) is 12.5 Å². The number of carbonyl (C=O) groups is 1. The molecule has 2 heterocycles. The number of amides is 1. The molecular formula is C18H21N5O2. The van der Waals surface area contributed by atoms with Crippen LogP contribution in [0.25, 0.3) is 11.0 Å². The first-order valence-corrected chi connectivity index (χ1v) is 8.00. The molecule has 0 aliphatic rings. The maximum Gasteiger partial charge on any atom is 0.252 e. The van der Waals surface area contributed by atoms with E-state index in [4.69, 9.17) is 10.5 Å². The second-order valence-electron chi connectivity index (χ2n) is 5.79. The fraction of sp³-hybridized carbons (Fsp3) is 0.278. The van der Waals surface area contributed by atoms with Crippen LogP contribution in [0.2, 0.25) is 0 Å². The lowest BCUT2D eigenvalue weighted by atomic mass is 10.2. The summed E-state index contributed by atoms with van der Waals surface area (Å²) in [5, 5.41) is 0. The fourth-order valence-electron chi connectivity index (χ4n) is 2.73. The Labute approximate surface area is 146 Å². The highest BCUT2D eigenvalue weighted by molar-refractivity contribution is 5.95. The maximum atomic E-state index is 12.0. The van der Waals surface area contributed by atoms with Crippen molar-refractivity contribution in [2.75, 3.05) is 31.4 Å². The van der Waals surface area contributed by atoms with Gasteiger partial charge in [-0.05, 0) is 36.2 Å². The first kappa shape index (κ1) is 16.9. The minimum atomic E-state index is -0.120. The zero-order chi connectivity index (χ0) is 17.8. The lowest BCUT2D eigenvalue weighted by Gasteiger charge is -2.16. The number of nitrogens with zero attached hydrogens (tertiary/aromatic N) is 4. The molecule has 130 valence electrons. The van der Waals surface area contributed by atoms with Gasteiger partial charge < -0.3 is 19.9 Å². The van der Waals surface area contributed by atoms with Crippen molar-refractivity contribution in [3.63, 3.8) is 0 Å². The summed E-state index contributed by atoms with van der Waals surface area (Å²) in [6, 6.07) is 9.64. The second-order valence-corrected chi connectivity index (χ2v) is 5.79. The minimum Gasteiger partial charge on any atom is -0.375 e. The molecule has 25 heavy (non-hydrogen) atoms. The number of rotatable bonds is 6. The van der Waals surface area contributed by atoms with Crippen LogP contribution in [0, 0.1) is 0 Å². The van der Waals surface area contributed by atoms with Gasteiger partial charge >= 0.3 is 0 Å². The number of pyridine rings is 1. The molecule has 0 saturated heterocycles. The normalized spacial score (nSPS) is 11.0. The van der Waals surface area contributed by atoms with Crippen LogP contribution >= 0.6 is 0 Å². The first-order chi connectivity index (χ1) is 12.1. The summed E-state index contributed by atoms with van der Waals surface area (Å²) in [6.45, 7) is 0.752. The van der Waals surface area contributed by atoms with E-state index in [0.29, 0.717) is 12.5 Å². The average molecular weight is 339 g/mol. The van der Waals surface area contributed by atoms with Gasteiger partial charge in [-0.3, -0.25) is 9.78 Å². The Kier molecular flexibility index (Phi) is 4.95. The van der Waals surface area contributed by atoms with Crippen molar-refractivity contribution in [3.8, 4) is 0 Å². The highest BCUT2D eigenvalue weighted by Crippen LogP contribution is 2.24. The molecule has 0 aliphatic heterocycles. The molecule has 7 nitrogen and oxygen atoms in total. The smallest absolute Gasteiger partial charge is 0.252 e. The highest BCUT2D eigenvalue weighted by Gasteiger charge is 2.14. The van der Waals surface area contributed by atoms with Crippen molar-refractivity contribution in [1.82, 2.24) is 14.5 Å². The third kappa shape index (κ3) is 3.61. The molecule has 0 bridgehead atoms. The van der Waals surface area contributed by atoms with Crippen LogP contribution in [0.1, 0.15) is 5.56 Å². The molecule has 2 aromatic heterocycles. The number of hydrogen-bond donors (Lipinski definition) is 1. The molecule has 0 spiro atoms. The molecule has 3 aromatic rings. The third-order valence-corrected chi connectivity index (χ3v) is 4.14. The Bertz CT molecular complexity index is 876. The summed E-state index contributed by atoms with van der Waals surface area (Å²) in [5.41, 5.74) is 9.69. The lowest BCUT2D eigenvalue weighted by molar-refractivity contribution is -0.121. The van der Waals surface area contributed by atoms with E-state index >= 15 is 0 Å². The summed E-state index contributed by atoms with van der Waals surface area (Å²) in [7, 11) is 3.21. The molecule has 0 fully saturated rings. The van der Waals surface area contributed by atoms with Gasteiger partial charge in [0.05, 0.1) is 11.0 Å². The topological polar surface area (TPSA) is 86.3 Å². The van der Waals surface area contributed by atoms with Crippen LogP contribution in [0.4, 0.5) is 11.6 Å². The average Bonchev–Trinajstić information content (AvgIpc) is 2.94. The van der Waals surface area contributed by atoms with Crippen molar-refractivity contribution < 1.29 is 9.53 Å². The van der Waals surface area contributed by atoms with Gasteiger partial charge in [0, 0.05) is 38.8 Å².